The minimum absolute atomic E-state index is 0.00701. The van der Waals surface area contributed by atoms with Crippen LogP contribution in [0.25, 0.3) is 0 Å². The molecule has 0 atom stereocenters. The number of ether oxygens (including phenoxy) is 2. The minimum Gasteiger partial charge on any atom is -0.486 e. The normalized spacial score (nSPS) is 16.7. The van der Waals surface area contributed by atoms with Gasteiger partial charge in [0.15, 0.2) is 11.5 Å². The summed E-state index contributed by atoms with van der Waals surface area (Å²) in [6.45, 7) is 4.05. The van der Waals surface area contributed by atoms with Gasteiger partial charge in [-0.3, -0.25) is 4.79 Å². The maximum Gasteiger partial charge on any atom is 0.255 e. The first-order chi connectivity index (χ1) is 12.2. The summed E-state index contributed by atoms with van der Waals surface area (Å²) in [5.74, 6) is 1.58. The quantitative estimate of drug-likeness (QED) is 0.827. The van der Waals surface area contributed by atoms with Gasteiger partial charge >= 0.3 is 0 Å². The Labute approximate surface area is 151 Å². The van der Waals surface area contributed by atoms with Crippen LogP contribution in [0.1, 0.15) is 10.4 Å². The summed E-state index contributed by atoms with van der Waals surface area (Å²) in [6, 6.07) is 13.2. The third-order valence-electron chi connectivity index (χ3n) is 4.56. The molecular formula is C19H19ClN2O3. The van der Waals surface area contributed by atoms with E-state index in [-0.39, 0.29) is 5.91 Å². The smallest absolute Gasteiger partial charge is 0.255 e. The van der Waals surface area contributed by atoms with Gasteiger partial charge in [-0.25, -0.2) is 0 Å². The summed E-state index contributed by atoms with van der Waals surface area (Å²) >= 11 is 6.15. The van der Waals surface area contributed by atoms with Gasteiger partial charge in [-0.2, -0.15) is 0 Å². The molecule has 1 amide bonds. The third-order valence-corrected chi connectivity index (χ3v) is 4.89. The van der Waals surface area contributed by atoms with Crippen molar-refractivity contribution in [1.82, 2.24) is 4.90 Å². The molecule has 0 bridgehead atoms. The van der Waals surface area contributed by atoms with Crippen LogP contribution in [0.4, 0.5) is 5.69 Å². The first-order valence-electron chi connectivity index (χ1n) is 8.41. The molecule has 6 heteroatoms. The molecule has 2 heterocycles. The number of anilines is 1. The molecule has 0 aliphatic carbocycles. The topological polar surface area (TPSA) is 42.0 Å². The van der Waals surface area contributed by atoms with Crippen molar-refractivity contribution in [2.75, 3.05) is 44.3 Å². The molecule has 2 aliphatic rings. The second-order valence-corrected chi connectivity index (χ2v) is 6.49. The minimum atomic E-state index is -0.00701. The molecule has 4 rings (SSSR count). The van der Waals surface area contributed by atoms with Gasteiger partial charge in [0, 0.05) is 37.9 Å². The summed E-state index contributed by atoms with van der Waals surface area (Å²) in [6.07, 6.45) is 0. The number of rotatable bonds is 2. The Hall–Kier alpha value is -2.40. The predicted octanol–water partition coefficient (Wildman–Crippen LogP) is 3.07. The fourth-order valence-electron chi connectivity index (χ4n) is 3.20. The summed E-state index contributed by atoms with van der Waals surface area (Å²) in [5.41, 5.74) is 1.66. The molecule has 0 spiro atoms. The van der Waals surface area contributed by atoms with E-state index in [1.54, 1.807) is 12.1 Å². The number of nitrogens with zero attached hydrogens (tertiary/aromatic N) is 2. The van der Waals surface area contributed by atoms with E-state index in [1.807, 2.05) is 35.2 Å². The molecule has 1 saturated heterocycles. The van der Waals surface area contributed by atoms with Crippen molar-refractivity contribution >= 4 is 23.2 Å². The van der Waals surface area contributed by atoms with Crippen LogP contribution < -0.4 is 14.4 Å². The maximum atomic E-state index is 12.6. The summed E-state index contributed by atoms with van der Waals surface area (Å²) in [7, 11) is 0. The van der Waals surface area contributed by atoms with E-state index in [0.29, 0.717) is 36.9 Å². The maximum absolute atomic E-state index is 12.6. The van der Waals surface area contributed by atoms with Crippen LogP contribution in [0, 0.1) is 0 Å². The van der Waals surface area contributed by atoms with Crippen molar-refractivity contribution in [3.63, 3.8) is 0 Å². The van der Waals surface area contributed by atoms with Gasteiger partial charge in [0.05, 0.1) is 10.6 Å². The second-order valence-electron chi connectivity index (χ2n) is 6.09. The van der Waals surface area contributed by atoms with Crippen molar-refractivity contribution in [3.8, 4) is 11.5 Å². The lowest BCUT2D eigenvalue weighted by molar-refractivity contribution is 0.0747. The van der Waals surface area contributed by atoms with Crippen molar-refractivity contribution in [1.29, 1.82) is 0 Å². The molecule has 0 unspecified atom stereocenters. The largest absolute Gasteiger partial charge is 0.486 e. The molecule has 0 aromatic heterocycles. The number of carbonyl (C=O) groups excluding carboxylic acids is 1. The summed E-state index contributed by atoms with van der Waals surface area (Å²) < 4.78 is 11.2. The van der Waals surface area contributed by atoms with E-state index < -0.39 is 0 Å². The van der Waals surface area contributed by atoms with Gasteiger partial charge in [0.1, 0.15) is 13.2 Å². The highest BCUT2D eigenvalue weighted by atomic mass is 35.5. The molecule has 130 valence electrons. The number of benzene rings is 2. The van der Waals surface area contributed by atoms with E-state index in [2.05, 4.69) is 4.90 Å². The molecule has 0 N–H and O–H groups in total. The zero-order chi connectivity index (χ0) is 17.2. The van der Waals surface area contributed by atoms with Crippen LogP contribution in [0.2, 0.25) is 5.02 Å². The van der Waals surface area contributed by atoms with E-state index in [0.717, 1.165) is 30.3 Å². The van der Waals surface area contributed by atoms with Gasteiger partial charge in [-0.05, 0) is 24.3 Å². The van der Waals surface area contributed by atoms with Gasteiger partial charge in [0.2, 0.25) is 0 Å². The highest BCUT2D eigenvalue weighted by Gasteiger charge is 2.24. The molecule has 2 aromatic rings. The number of hydrogen-bond donors (Lipinski definition) is 0. The SMILES string of the molecule is O=C(c1ccccc1Cl)N1CCN(c2ccc3c(c2)OCCO3)CC1. The summed E-state index contributed by atoms with van der Waals surface area (Å²) in [5, 5.41) is 0.502. The molecule has 2 aliphatic heterocycles. The molecule has 25 heavy (non-hydrogen) atoms. The fraction of sp³-hybridized carbons (Fsp3) is 0.316. The van der Waals surface area contributed by atoms with Crippen LogP contribution in [-0.4, -0.2) is 50.2 Å². The van der Waals surface area contributed by atoms with Crippen molar-refractivity contribution in [3.05, 3.63) is 53.1 Å². The first kappa shape index (κ1) is 16.1. The Morgan fingerprint density at radius 1 is 0.920 bits per heavy atom. The average molecular weight is 359 g/mol. The molecule has 1 fully saturated rings. The van der Waals surface area contributed by atoms with Gasteiger partial charge in [0.25, 0.3) is 5.91 Å². The predicted molar refractivity (Wildman–Crippen MR) is 97.0 cm³/mol. The van der Waals surface area contributed by atoms with E-state index in [1.165, 1.54) is 0 Å². The number of halogens is 1. The Bertz CT molecular complexity index is 788. The fourth-order valence-corrected chi connectivity index (χ4v) is 3.42. The zero-order valence-electron chi connectivity index (χ0n) is 13.8. The number of fused-ring (bicyclic) bond motifs is 1. The number of piperazine rings is 1. The monoisotopic (exact) mass is 358 g/mol. The Morgan fingerprint density at radius 3 is 2.40 bits per heavy atom. The van der Waals surface area contributed by atoms with Crippen molar-refractivity contribution < 1.29 is 14.3 Å². The lowest BCUT2D eigenvalue weighted by Crippen LogP contribution is -2.48. The van der Waals surface area contributed by atoms with E-state index >= 15 is 0 Å². The second kappa shape index (κ2) is 6.84. The molecule has 5 nitrogen and oxygen atoms in total. The zero-order valence-corrected chi connectivity index (χ0v) is 14.5. The van der Waals surface area contributed by atoms with Crippen LogP contribution in [-0.2, 0) is 0 Å². The number of amides is 1. The first-order valence-corrected chi connectivity index (χ1v) is 8.78. The Balaban J connectivity index is 1.43. The van der Waals surface area contributed by atoms with Crippen molar-refractivity contribution in [2.24, 2.45) is 0 Å². The van der Waals surface area contributed by atoms with Crippen LogP contribution in [0.3, 0.4) is 0 Å². The van der Waals surface area contributed by atoms with Crippen LogP contribution >= 0.6 is 11.6 Å². The lowest BCUT2D eigenvalue weighted by atomic mass is 10.1. The molecule has 0 saturated carbocycles. The van der Waals surface area contributed by atoms with Crippen LogP contribution in [0.5, 0.6) is 11.5 Å². The lowest BCUT2D eigenvalue weighted by Gasteiger charge is -2.36. The average Bonchev–Trinajstić information content (AvgIpc) is 2.67. The van der Waals surface area contributed by atoms with Crippen molar-refractivity contribution in [2.45, 2.75) is 0 Å². The molecular weight excluding hydrogens is 340 g/mol. The number of hydrogen-bond acceptors (Lipinski definition) is 4. The Kier molecular flexibility index (Phi) is 4.40. The molecule has 0 radical (unpaired) electrons. The highest BCUT2D eigenvalue weighted by molar-refractivity contribution is 6.33. The third kappa shape index (κ3) is 3.24. The summed E-state index contributed by atoms with van der Waals surface area (Å²) in [4.78, 5) is 16.8. The van der Waals surface area contributed by atoms with Gasteiger partial charge in [-0.15, -0.1) is 0 Å². The highest BCUT2D eigenvalue weighted by Crippen LogP contribution is 2.34. The number of carbonyl (C=O) groups is 1. The molecule has 2 aromatic carbocycles. The van der Waals surface area contributed by atoms with Crippen LogP contribution in [0.15, 0.2) is 42.5 Å². The van der Waals surface area contributed by atoms with E-state index in [9.17, 15) is 4.79 Å². The van der Waals surface area contributed by atoms with Gasteiger partial charge < -0.3 is 19.3 Å². The van der Waals surface area contributed by atoms with E-state index in [4.69, 9.17) is 21.1 Å². The standard InChI is InChI=1S/C19H19ClN2O3/c20-16-4-2-1-3-15(16)19(23)22-9-7-21(8-10-22)14-5-6-17-18(13-14)25-12-11-24-17/h1-6,13H,7-12H2. The van der Waals surface area contributed by atoms with Gasteiger partial charge in [-0.1, -0.05) is 23.7 Å². The Morgan fingerprint density at radius 2 is 1.64 bits per heavy atom.